The Bertz CT molecular complexity index is 1720. The van der Waals surface area contributed by atoms with Crippen LogP contribution in [0, 0.1) is 0 Å². The van der Waals surface area contributed by atoms with Gasteiger partial charge in [0.15, 0.2) is 6.29 Å². The zero-order chi connectivity index (χ0) is 51.0. The molecule has 6 unspecified atom stereocenters. The fraction of sp³-hybridized carbons (Fsp3) is 0.596. The Morgan fingerprint density at radius 1 is 0.543 bits per heavy atom. The van der Waals surface area contributed by atoms with Gasteiger partial charge in [-0.15, -0.1) is 0 Å². The Hall–Kier alpha value is -3.76. The van der Waals surface area contributed by atoms with E-state index in [1.165, 1.54) is 0 Å². The molecular formula is C57H90O12S. The van der Waals surface area contributed by atoms with Crippen LogP contribution < -0.4 is 0 Å². The van der Waals surface area contributed by atoms with Gasteiger partial charge in [0.05, 0.1) is 19.8 Å². The Morgan fingerprint density at radius 3 is 1.37 bits per heavy atom. The molecule has 13 heteroatoms. The van der Waals surface area contributed by atoms with Crippen molar-refractivity contribution < 1.29 is 56.2 Å². The van der Waals surface area contributed by atoms with Crippen molar-refractivity contribution in [3.63, 3.8) is 0 Å². The maximum Gasteiger partial charge on any atom is 0.397 e. The van der Waals surface area contributed by atoms with Gasteiger partial charge < -0.3 is 34.3 Å². The number of aliphatic hydroxyl groups is 3. The quantitative estimate of drug-likeness (QED) is 0.0197. The molecule has 1 fully saturated rings. The topological polar surface area (TPSA) is 178 Å². The summed E-state index contributed by atoms with van der Waals surface area (Å²) >= 11 is 0. The zero-order valence-electron chi connectivity index (χ0n) is 42.5. The third kappa shape index (κ3) is 38.9. The number of ether oxygens (including phenoxy) is 4. The van der Waals surface area contributed by atoms with Crippen LogP contribution in [0.5, 0.6) is 0 Å². The molecule has 1 aliphatic rings. The summed E-state index contributed by atoms with van der Waals surface area (Å²) in [5.74, 6) is -0.436. The van der Waals surface area contributed by atoms with Gasteiger partial charge in [0, 0.05) is 13.0 Å². The van der Waals surface area contributed by atoms with Crippen LogP contribution in [0.3, 0.4) is 0 Å². The number of hydrogen-bond donors (Lipinski definition) is 4. The lowest BCUT2D eigenvalue weighted by atomic mass is 9.99. The average Bonchev–Trinajstić information content (AvgIpc) is 3.34. The maximum absolute atomic E-state index is 12.9. The first-order valence-corrected chi connectivity index (χ1v) is 27.3. The van der Waals surface area contributed by atoms with E-state index in [2.05, 4.69) is 152 Å². The summed E-state index contributed by atoms with van der Waals surface area (Å²) in [4.78, 5) is 12.9. The van der Waals surface area contributed by atoms with Gasteiger partial charge in [-0.3, -0.25) is 9.35 Å². The van der Waals surface area contributed by atoms with Gasteiger partial charge in [-0.2, -0.15) is 8.42 Å². The monoisotopic (exact) mass is 999 g/mol. The van der Waals surface area contributed by atoms with Gasteiger partial charge in [0.1, 0.15) is 30.5 Å². The minimum absolute atomic E-state index is 0.00545. The molecule has 0 radical (unpaired) electrons. The maximum atomic E-state index is 12.9. The van der Waals surface area contributed by atoms with Crippen LogP contribution in [0.25, 0.3) is 0 Å². The van der Waals surface area contributed by atoms with E-state index in [9.17, 15) is 33.1 Å². The van der Waals surface area contributed by atoms with Crippen LogP contribution in [0.2, 0.25) is 0 Å². The molecule has 1 saturated heterocycles. The van der Waals surface area contributed by atoms with E-state index < -0.39 is 59.8 Å². The van der Waals surface area contributed by atoms with E-state index in [1.807, 2.05) is 0 Å². The summed E-state index contributed by atoms with van der Waals surface area (Å²) in [7, 11) is -5.08. The van der Waals surface area contributed by atoms with Crippen LogP contribution in [-0.4, -0.2) is 97.5 Å². The van der Waals surface area contributed by atoms with Crippen molar-refractivity contribution in [2.45, 2.75) is 192 Å². The minimum Gasteiger partial charge on any atom is -0.457 e. The molecule has 396 valence electrons. The predicted octanol–water partition coefficient (Wildman–Crippen LogP) is 12.3. The van der Waals surface area contributed by atoms with Crippen molar-refractivity contribution in [3.8, 4) is 0 Å². The van der Waals surface area contributed by atoms with Gasteiger partial charge in [0.25, 0.3) is 0 Å². The van der Waals surface area contributed by atoms with Crippen molar-refractivity contribution in [3.05, 3.63) is 134 Å². The Labute approximate surface area is 423 Å². The molecule has 1 rings (SSSR count). The number of carbonyl (C=O) groups is 1. The molecule has 70 heavy (non-hydrogen) atoms. The standard InChI is InChI=1S/C57H90O12S/c1-3-5-7-9-11-13-15-17-19-21-23-25-27-29-31-33-35-37-39-41-43-45-47-65-49-51(50-66-57-55(61)56(69-70(62,63)64)54(60)52(48-58)68-57)67-53(59)46-44-42-40-38-36-34-32-30-28-26-24-22-20-18-16-14-12-10-8-6-4-2/h5-8,11-14,17-20,23-26,29-32,35,37,51-52,54-58,60-61H,3-4,9-10,15-16,21-22,27-28,33-34,36,38-50H2,1-2H3,(H,62,63,64)/b7-5-,8-6-,13-11-,14-12-,19-17-,20-18-,25-23-,26-24-,31-29-,32-30-,37-35-. The first-order valence-electron chi connectivity index (χ1n) is 25.9. The molecule has 1 aliphatic heterocycles. The molecular weight excluding hydrogens is 909 g/mol. The lowest BCUT2D eigenvalue weighted by molar-refractivity contribution is -0.301. The Balaban J connectivity index is 2.43. The third-order valence-corrected chi connectivity index (χ3v) is 11.2. The van der Waals surface area contributed by atoms with Crippen LogP contribution in [0.4, 0.5) is 0 Å². The minimum atomic E-state index is -5.08. The molecule has 0 spiro atoms. The molecule has 6 atom stereocenters. The molecule has 1 heterocycles. The molecule has 0 aromatic rings. The van der Waals surface area contributed by atoms with Gasteiger partial charge in [-0.05, 0) is 109 Å². The second kappa shape index (κ2) is 46.3. The van der Waals surface area contributed by atoms with Crippen molar-refractivity contribution in [1.82, 2.24) is 0 Å². The van der Waals surface area contributed by atoms with E-state index in [1.54, 1.807) is 0 Å². The van der Waals surface area contributed by atoms with Gasteiger partial charge in [-0.25, -0.2) is 4.18 Å². The second-order valence-electron chi connectivity index (χ2n) is 17.0. The number of unbranched alkanes of at least 4 members (excludes halogenated alkanes) is 8. The summed E-state index contributed by atoms with van der Waals surface area (Å²) in [6, 6.07) is 0. The highest BCUT2D eigenvalue weighted by molar-refractivity contribution is 7.80. The lowest BCUT2D eigenvalue weighted by Gasteiger charge is -2.41. The SMILES string of the molecule is CC/C=C\C/C=C\C/C=C\C/C=C\C/C=C\C/C=C\CCCCCOCC(COC1OC(CO)C(O)C(OS(=O)(=O)O)C1O)OC(=O)CCCCCCC/C=C\C/C=C\C/C=C\C/C=C\C/C=C\CC. The number of aliphatic hydroxyl groups excluding tert-OH is 3. The van der Waals surface area contributed by atoms with E-state index in [0.29, 0.717) is 13.0 Å². The summed E-state index contributed by atoms with van der Waals surface area (Å²) in [5.41, 5.74) is 0. The fourth-order valence-corrected chi connectivity index (χ4v) is 7.44. The van der Waals surface area contributed by atoms with E-state index >= 15 is 0 Å². The highest BCUT2D eigenvalue weighted by atomic mass is 32.3. The Kier molecular flexibility index (Phi) is 42.5. The average molecular weight is 999 g/mol. The number of rotatable bonds is 43. The second-order valence-corrected chi connectivity index (χ2v) is 18.0. The number of allylic oxidation sites excluding steroid dienone is 22. The van der Waals surface area contributed by atoms with Crippen molar-refractivity contribution in [1.29, 1.82) is 0 Å². The normalized spacial score (nSPS) is 20.2. The highest BCUT2D eigenvalue weighted by Crippen LogP contribution is 2.26. The fourth-order valence-electron chi connectivity index (χ4n) is 6.94. The summed E-state index contributed by atoms with van der Waals surface area (Å²) < 4.78 is 59.2. The van der Waals surface area contributed by atoms with E-state index in [4.69, 9.17) is 18.9 Å². The predicted molar refractivity (Wildman–Crippen MR) is 284 cm³/mol. The first-order chi connectivity index (χ1) is 34.1. The largest absolute Gasteiger partial charge is 0.457 e. The molecule has 0 saturated carbocycles. The van der Waals surface area contributed by atoms with Gasteiger partial charge >= 0.3 is 16.4 Å². The smallest absolute Gasteiger partial charge is 0.397 e. The van der Waals surface area contributed by atoms with Crippen molar-refractivity contribution in [2.75, 3.05) is 26.4 Å². The molecule has 0 amide bonds. The van der Waals surface area contributed by atoms with E-state index in [0.717, 1.165) is 128 Å². The molecule has 0 aromatic carbocycles. The number of carbonyl (C=O) groups excluding carboxylic acids is 1. The lowest BCUT2D eigenvalue weighted by Crippen LogP contribution is -2.60. The van der Waals surface area contributed by atoms with Crippen LogP contribution >= 0.6 is 0 Å². The van der Waals surface area contributed by atoms with Crippen LogP contribution in [0.1, 0.15) is 155 Å². The molecule has 0 aliphatic carbocycles. The van der Waals surface area contributed by atoms with Crippen LogP contribution in [-0.2, 0) is 38.3 Å². The summed E-state index contributed by atoms with van der Waals surface area (Å²) in [6.45, 7) is 3.63. The molecule has 0 bridgehead atoms. The summed E-state index contributed by atoms with van der Waals surface area (Å²) in [5, 5.41) is 30.8. The summed E-state index contributed by atoms with van der Waals surface area (Å²) in [6.07, 6.45) is 59.0. The third-order valence-electron chi connectivity index (χ3n) is 10.8. The van der Waals surface area contributed by atoms with Crippen molar-refractivity contribution in [2.24, 2.45) is 0 Å². The van der Waals surface area contributed by atoms with Crippen LogP contribution in [0.15, 0.2) is 134 Å². The number of hydrogen-bond acceptors (Lipinski definition) is 11. The van der Waals surface area contributed by atoms with E-state index in [-0.39, 0.29) is 19.6 Å². The molecule has 4 N–H and O–H groups in total. The van der Waals surface area contributed by atoms with Gasteiger partial charge in [0.2, 0.25) is 0 Å². The zero-order valence-corrected chi connectivity index (χ0v) is 43.3. The molecule has 0 aromatic heterocycles. The molecule has 12 nitrogen and oxygen atoms in total. The highest BCUT2D eigenvalue weighted by Gasteiger charge is 2.48. The Morgan fingerprint density at radius 2 is 0.943 bits per heavy atom. The first kappa shape index (κ1) is 64.3. The van der Waals surface area contributed by atoms with Crippen molar-refractivity contribution >= 4 is 16.4 Å². The van der Waals surface area contributed by atoms with Gasteiger partial charge in [-0.1, -0.05) is 173 Å². The number of esters is 1.